The predicted molar refractivity (Wildman–Crippen MR) is 52.3 cm³/mol. The van der Waals surface area contributed by atoms with Gasteiger partial charge < -0.3 is 9.90 Å². The van der Waals surface area contributed by atoms with Crippen LogP contribution in [0.3, 0.4) is 0 Å². The largest absolute Gasteiger partial charge is 0.392 e. The molecule has 1 aliphatic rings. The number of aliphatic hydroxyl groups excluding tert-OH is 1. The van der Waals surface area contributed by atoms with Gasteiger partial charge in [0.25, 0.3) is 0 Å². The Balaban J connectivity index is 2.87. The standard InChI is InChI=1S/C11H18O2/c1-8(2)11(7-12)5-4-9(3)6-10(11)13/h7-8,10,13H,3-6H2,1-2H3/t10?,11-/m0/s1. The molecule has 0 radical (unpaired) electrons. The molecule has 0 bridgehead atoms. The van der Waals surface area contributed by atoms with E-state index in [1.807, 2.05) is 13.8 Å². The topological polar surface area (TPSA) is 37.3 Å². The summed E-state index contributed by atoms with van der Waals surface area (Å²) < 4.78 is 0. The lowest BCUT2D eigenvalue weighted by Gasteiger charge is -2.40. The first kappa shape index (κ1) is 10.5. The zero-order valence-electron chi connectivity index (χ0n) is 8.42. The minimum atomic E-state index is -0.536. The van der Waals surface area contributed by atoms with Crippen LogP contribution in [-0.4, -0.2) is 17.5 Å². The lowest BCUT2D eigenvalue weighted by atomic mass is 9.65. The number of hydrogen-bond donors (Lipinski definition) is 1. The van der Waals surface area contributed by atoms with Gasteiger partial charge in [0.15, 0.2) is 0 Å². The number of rotatable bonds is 2. The fraction of sp³-hybridized carbons (Fsp3) is 0.727. The zero-order valence-corrected chi connectivity index (χ0v) is 8.42. The molecule has 0 spiro atoms. The Bertz CT molecular complexity index is 220. The number of hydrogen-bond acceptors (Lipinski definition) is 2. The highest BCUT2D eigenvalue weighted by atomic mass is 16.3. The molecule has 1 rings (SSSR count). The average Bonchev–Trinajstić information content (AvgIpc) is 2.04. The molecule has 1 N–H and O–H groups in total. The van der Waals surface area contributed by atoms with Gasteiger partial charge in [-0.2, -0.15) is 0 Å². The number of aldehydes is 1. The number of carbonyl (C=O) groups is 1. The lowest BCUT2D eigenvalue weighted by Crippen LogP contribution is -2.44. The van der Waals surface area contributed by atoms with Crippen molar-refractivity contribution >= 4 is 6.29 Å². The molecule has 0 aromatic carbocycles. The Morgan fingerprint density at radius 3 is 2.69 bits per heavy atom. The van der Waals surface area contributed by atoms with E-state index >= 15 is 0 Å². The van der Waals surface area contributed by atoms with Gasteiger partial charge in [-0.1, -0.05) is 26.0 Å². The quantitative estimate of drug-likeness (QED) is 0.523. The van der Waals surface area contributed by atoms with E-state index in [2.05, 4.69) is 6.58 Å². The minimum absolute atomic E-state index is 0.202. The second-order valence-electron chi connectivity index (χ2n) is 4.35. The number of aliphatic hydroxyl groups is 1. The molecule has 1 unspecified atom stereocenters. The summed E-state index contributed by atoms with van der Waals surface area (Å²) in [6, 6.07) is 0. The van der Waals surface area contributed by atoms with Crippen LogP contribution >= 0.6 is 0 Å². The van der Waals surface area contributed by atoms with Crippen LogP contribution in [0.1, 0.15) is 33.1 Å². The molecule has 74 valence electrons. The molecular formula is C11H18O2. The van der Waals surface area contributed by atoms with E-state index in [1.54, 1.807) is 0 Å². The fourth-order valence-corrected chi connectivity index (χ4v) is 2.07. The normalized spacial score (nSPS) is 35.1. The molecule has 1 fully saturated rings. The Hall–Kier alpha value is -0.630. The van der Waals surface area contributed by atoms with Crippen molar-refractivity contribution in [3.63, 3.8) is 0 Å². The van der Waals surface area contributed by atoms with Gasteiger partial charge >= 0.3 is 0 Å². The van der Waals surface area contributed by atoms with Crippen molar-refractivity contribution in [2.24, 2.45) is 11.3 Å². The van der Waals surface area contributed by atoms with Crippen molar-refractivity contribution in [1.29, 1.82) is 0 Å². The maximum Gasteiger partial charge on any atom is 0.129 e. The van der Waals surface area contributed by atoms with Crippen LogP contribution in [0.4, 0.5) is 0 Å². The monoisotopic (exact) mass is 182 g/mol. The SMILES string of the molecule is C=C1CC[C@](C=O)(C(C)C)C(O)C1. The minimum Gasteiger partial charge on any atom is -0.392 e. The summed E-state index contributed by atoms with van der Waals surface area (Å²) in [5.74, 6) is 0.202. The third kappa shape index (κ3) is 1.68. The van der Waals surface area contributed by atoms with Gasteiger partial charge in [-0.25, -0.2) is 0 Å². The maximum absolute atomic E-state index is 11.1. The van der Waals surface area contributed by atoms with Gasteiger partial charge in [-0.15, -0.1) is 0 Å². The third-order valence-electron chi connectivity index (χ3n) is 3.31. The van der Waals surface area contributed by atoms with Crippen LogP contribution in [0, 0.1) is 11.3 Å². The van der Waals surface area contributed by atoms with Gasteiger partial charge in [0.2, 0.25) is 0 Å². The van der Waals surface area contributed by atoms with E-state index in [0.717, 1.165) is 24.7 Å². The first-order chi connectivity index (χ1) is 6.03. The van der Waals surface area contributed by atoms with E-state index in [4.69, 9.17) is 0 Å². The van der Waals surface area contributed by atoms with Crippen molar-refractivity contribution < 1.29 is 9.90 Å². The summed E-state index contributed by atoms with van der Waals surface area (Å²) in [5, 5.41) is 9.87. The smallest absolute Gasteiger partial charge is 0.129 e. The summed E-state index contributed by atoms with van der Waals surface area (Å²) in [6.45, 7) is 7.83. The highest BCUT2D eigenvalue weighted by molar-refractivity contribution is 5.61. The third-order valence-corrected chi connectivity index (χ3v) is 3.31. The van der Waals surface area contributed by atoms with Crippen molar-refractivity contribution in [1.82, 2.24) is 0 Å². The molecule has 0 aromatic heterocycles. The summed E-state index contributed by atoms with van der Waals surface area (Å²) >= 11 is 0. The van der Waals surface area contributed by atoms with E-state index in [-0.39, 0.29) is 5.92 Å². The van der Waals surface area contributed by atoms with Gasteiger partial charge in [-0.3, -0.25) is 0 Å². The van der Waals surface area contributed by atoms with Crippen LogP contribution < -0.4 is 0 Å². The summed E-state index contributed by atoms with van der Waals surface area (Å²) in [6.07, 6.45) is 2.60. The van der Waals surface area contributed by atoms with Crippen molar-refractivity contribution in [3.8, 4) is 0 Å². The van der Waals surface area contributed by atoms with E-state index in [0.29, 0.717) is 6.42 Å². The Morgan fingerprint density at radius 1 is 1.69 bits per heavy atom. The maximum atomic E-state index is 11.1. The number of carbonyl (C=O) groups excluding carboxylic acids is 1. The van der Waals surface area contributed by atoms with Crippen LogP contribution in [0.2, 0.25) is 0 Å². The predicted octanol–water partition coefficient (Wildman–Crippen LogP) is 1.93. The molecule has 0 aromatic rings. The van der Waals surface area contributed by atoms with Crippen molar-refractivity contribution in [3.05, 3.63) is 12.2 Å². The Morgan fingerprint density at radius 2 is 2.31 bits per heavy atom. The molecule has 0 amide bonds. The zero-order chi connectivity index (χ0) is 10.1. The Kier molecular flexibility index (Phi) is 2.91. The first-order valence-corrected chi connectivity index (χ1v) is 4.84. The van der Waals surface area contributed by atoms with E-state index in [9.17, 15) is 9.90 Å². The molecule has 0 saturated heterocycles. The summed E-state index contributed by atoms with van der Waals surface area (Å²) in [7, 11) is 0. The molecule has 0 heterocycles. The second kappa shape index (κ2) is 3.62. The molecule has 2 atom stereocenters. The summed E-state index contributed by atoms with van der Waals surface area (Å²) in [5.41, 5.74) is 0.534. The van der Waals surface area contributed by atoms with Gasteiger partial charge in [-0.05, 0) is 25.2 Å². The van der Waals surface area contributed by atoms with Crippen LogP contribution in [0.15, 0.2) is 12.2 Å². The van der Waals surface area contributed by atoms with E-state index < -0.39 is 11.5 Å². The molecule has 1 aliphatic carbocycles. The highest BCUT2D eigenvalue weighted by Crippen LogP contribution is 2.42. The van der Waals surface area contributed by atoms with Crippen LogP contribution in [-0.2, 0) is 4.79 Å². The summed E-state index contributed by atoms with van der Waals surface area (Å²) in [4.78, 5) is 11.1. The molecule has 2 heteroatoms. The average molecular weight is 182 g/mol. The van der Waals surface area contributed by atoms with Gasteiger partial charge in [0.1, 0.15) is 6.29 Å². The van der Waals surface area contributed by atoms with Crippen LogP contribution in [0.5, 0.6) is 0 Å². The molecule has 13 heavy (non-hydrogen) atoms. The van der Waals surface area contributed by atoms with Crippen molar-refractivity contribution in [2.75, 3.05) is 0 Å². The van der Waals surface area contributed by atoms with Crippen LogP contribution in [0.25, 0.3) is 0 Å². The fourth-order valence-electron chi connectivity index (χ4n) is 2.07. The second-order valence-corrected chi connectivity index (χ2v) is 4.35. The highest BCUT2D eigenvalue weighted by Gasteiger charge is 2.43. The molecule has 2 nitrogen and oxygen atoms in total. The van der Waals surface area contributed by atoms with Crippen molar-refractivity contribution in [2.45, 2.75) is 39.2 Å². The van der Waals surface area contributed by atoms with Gasteiger partial charge in [0.05, 0.1) is 11.5 Å². The first-order valence-electron chi connectivity index (χ1n) is 4.84. The van der Waals surface area contributed by atoms with Gasteiger partial charge in [0, 0.05) is 0 Å². The molecule has 0 aliphatic heterocycles. The lowest BCUT2D eigenvalue weighted by molar-refractivity contribution is -0.129. The van der Waals surface area contributed by atoms with E-state index in [1.165, 1.54) is 0 Å². The molecular weight excluding hydrogens is 164 g/mol. The Labute approximate surface area is 79.6 Å². The molecule has 1 saturated carbocycles.